The van der Waals surface area contributed by atoms with Crippen LogP contribution in [-0.2, 0) is 0 Å². The summed E-state index contributed by atoms with van der Waals surface area (Å²) in [7, 11) is 0. The fourth-order valence-electron chi connectivity index (χ4n) is 3.13. The molecule has 1 heterocycles. The van der Waals surface area contributed by atoms with E-state index >= 15 is 0 Å². The number of aromatic nitrogens is 1. The van der Waals surface area contributed by atoms with Crippen molar-refractivity contribution in [3.05, 3.63) is 95.6 Å². The molecule has 3 aromatic carbocycles. The van der Waals surface area contributed by atoms with Crippen molar-refractivity contribution in [2.75, 3.05) is 12.4 Å². The predicted molar refractivity (Wildman–Crippen MR) is 130 cm³/mol. The molecule has 0 saturated carbocycles. The number of ketones is 1. The van der Waals surface area contributed by atoms with Crippen LogP contribution in [0.4, 0.5) is 0 Å². The maximum Gasteiger partial charge on any atom is 0.256 e. The van der Waals surface area contributed by atoms with Crippen LogP contribution in [0.15, 0.2) is 88.5 Å². The minimum Gasteiger partial charge on any atom is -0.494 e. The summed E-state index contributed by atoms with van der Waals surface area (Å²) < 4.78 is 11.5. The third-order valence-corrected chi connectivity index (χ3v) is 5.86. The van der Waals surface area contributed by atoms with Crippen LogP contribution in [0.25, 0.3) is 17.2 Å². The fourth-order valence-corrected chi connectivity index (χ4v) is 3.96. The number of fused-ring (bicyclic) bond motifs is 1. The highest BCUT2D eigenvalue weighted by molar-refractivity contribution is 7.99. The predicted octanol–water partition coefficient (Wildman–Crippen LogP) is 6.98. The molecule has 0 amide bonds. The Kier molecular flexibility index (Phi) is 7.41. The molecular formula is C27H25NO3S. The molecular weight excluding hydrogens is 418 g/mol. The Labute approximate surface area is 192 Å². The molecule has 162 valence electrons. The summed E-state index contributed by atoms with van der Waals surface area (Å²) in [5.41, 5.74) is 4.58. The van der Waals surface area contributed by atoms with Crippen molar-refractivity contribution in [3.8, 4) is 5.75 Å². The minimum atomic E-state index is -0.0200. The van der Waals surface area contributed by atoms with Crippen LogP contribution in [-0.4, -0.2) is 23.1 Å². The molecule has 1 aromatic heterocycles. The number of thioether (sulfide) groups is 1. The number of aryl methyl sites for hydroxylation is 1. The zero-order valence-corrected chi connectivity index (χ0v) is 18.8. The van der Waals surface area contributed by atoms with E-state index in [1.54, 1.807) is 30.0 Å². The molecule has 0 spiro atoms. The van der Waals surface area contributed by atoms with E-state index in [0.29, 0.717) is 17.4 Å². The number of rotatable bonds is 10. The lowest BCUT2D eigenvalue weighted by Gasteiger charge is -2.06. The number of benzene rings is 3. The van der Waals surface area contributed by atoms with Crippen LogP contribution >= 0.6 is 11.8 Å². The number of nitrogens with zero attached hydrogens (tertiary/aromatic N) is 1. The topological polar surface area (TPSA) is 52.3 Å². The van der Waals surface area contributed by atoms with Crippen LogP contribution in [0.1, 0.15) is 34.3 Å². The molecule has 0 aliphatic rings. The van der Waals surface area contributed by atoms with E-state index in [0.717, 1.165) is 41.0 Å². The zero-order valence-electron chi connectivity index (χ0n) is 18.0. The highest BCUT2D eigenvalue weighted by Gasteiger charge is 2.05. The van der Waals surface area contributed by atoms with E-state index in [9.17, 15) is 4.79 Å². The molecule has 0 atom stereocenters. The SMILES string of the molecule is Cc1ccc(/C=C/C(=O)c2ccc(OCCCCSc3nc4ccccc4o3)cc2)cc1. The number of para-hydroxylation sites is 2. The van der Waals surface area contributed by atoms with Crippen molar-refractivity contribution in [2.45, 2.75) is 25.0 Å². The van der Waals surface area contributed by atoms with Crippen LogP contribution in [0.2, 0.25) is 0 Å². The van der Waals surface area contributed by atoms with Crippen LogP contribution < -0.4 is 4.74 Å². The number of unbranched alkanes of at least 4 members (excludes halogenated alkanes) is 1. The van der Waals surface area contributed by atoms with Crippen molar-refractivity contribution in [1.29, 1.82) is 0 Å². The molecule has 0 aliphatic heterocycles. The first kappa shape index (κ1) is 21.9. The third-order valence-electron chi connectivity index (χ3n) is 4.95. The van der Waals surface area contributed by atoms with Gasteiger partial charge in [-0.2, -0.15) is 0 Å². The Morgan fingerprint density at radius 2 is 1.78 bits per heavy atom. The van der Waals surface area contributed by atoms with Gasteiger partial charge in [-0.15, -0.1) is 0 Å². The zero-order chi connectivity index (χ0) is 22.2. The van der Waals surface area contributed by atoms with Gasteiger partial charge in [0.2, 0.25) is 0 Å². The summed E-state index contributed by atoms with van der Waals surface area (Å²) in [4.78, 5) is 16.8. The number of ether oxygens (including phenoxy) is 1. The van der Waals surface area contributed by atoms with Gasteiger partial charge in [0.15, 0.2) is 11.4 Å². The summed E-state index contributed by atoms with van der Waals surface area (Å²) in [5, 5.41) is 0.712. The molecule has 0 saturated heterocycles. The molecule has 4 rings (SSSR count). The Hall–Kier alpha value is -3.31. The molecule has 0 radical (unpaired) electrons. The highest BCUT2D eigenvalue weighted by Crippen LogP contribution is 2.24. The second kappa shape index (κ2) is 10.8. The molecule has 4 nitrogen and oxygen atoms in total. The van der Waals surface area contributed by atoms with Crippen LogP contribution in [0.3, 0.4) is 0 Å². The fraction of sp³-hybridized carbons (Fsp3) is 0.185. The number of allylic oxidation sites excluding steroid dienone is 1. The number of hydrogen-bond donors (Lipinski definition) is 0. The number of hydrogen-bond acceptors (Lipinski definition) is 5. The largest absolute Gasteiger partial charge is 0.494 e. The van der Waals surface area contributed by atoms with Gasteiger partial charge in [-0.1, -0.05) is 59.8 Å². The van der Waals surface area contributed by atoms with E-state index in [1.807, 2.05) is 73.7 Å². The van der Waals surface area contributed by atoms with E-state index in [4.69, 9.17) is 9.15 Å². The van der Waals surface area contributed by atoms with Gasteiger partial charge in [-0.3, -0.25) is 4.79 Å². The summed E-state index contributed by atoms with van der Waals surface area (Å²) in [6.45, 7) is 2.68. The van der Waals surface area contributed by atoms with Gasteiger partial charge in [0.25, 0.3) is 5.22 Å². The number of oxazole rings is 1. The summed E-state index contributed by atoms with van der Waals surface area (Å²) in [5.74, 6) is 1.68. The molecule has 32 heavy (non-hydrogen) atoms. The molecule has 0 bridgehead atoms. The molecule has 0 unspecified atom stereocenters. The van der Waals surface area contributed by atoms with Gasteiger partial charge < -0.3 is 9.15 Å². The first-order valence-corrected chi connectivity index (χ1v) is 11.7. The van der Waals surface area contributed by atoms with E-state index in [2.05, 4.69) is 4.98 Å². The molecule has 0 fully saturated rings. The third kappa shape index (κ3) is 6.11. The van der Waals surface area contributed by atoms with E-state index < -0.39 is 0 Å². The molecule has 4 aromatic rings. The summed E-state index contributed by atoms with van der Waals surface area (Å²) in [6, 6.07) is 23.2. The molecule has 0 N–H and O–H groups in total. The monoisotopic (exact) mass is 443 g/mol. The quantitative estimate of drug-likeness (QED) is 0.114. The Morgan fingerprint density at radius 1 is 1.00 bits per heavy atom. The van der Waals surface area contributed by atoms with Gasteiger partial charge in [-0.05, 0) is 67.8 Å². The van der Waals surface area contributed by atoms with E-state index in [1.165, 1.54) is 5.56 Å². The van der Waals surface area contributed by atoms with Crippen LogP contribution in [0.5, 0.6) is 5.75 Å². The van der Waals surface area contributed by atoms with Crippen molar-refractivity contribution in [2.24, 2.45) is 0 Å². The lowest BCUT2D eigenvalue weighted by atomic mass is 10.1. The van der Waals surface area contributed by atoms with Gasteiger partial charge in [0.05, 0.1) is 6.61 Å². The van der Waals surface area contributed by atoms with E-state index in [-0.39, 0.29) is 5.78 Å². The van der Waals surface area contributed by atoms with Crippen molar-refractivity contribution in [3.63, 3.8) is 0 Å². The van der Waals surface area contributed by atoms with Crippen molar-refractivity contribution < 1.29 is 13.9 Å². The minimum absolute atomic E-state index is 0.0200. The first-order chi connectivity index (χ1) is 15.7. The molecule has 5 heteroatoms. The van der Waals surface area contributed by atoms with Gasteiger partial charge in [0.1, 0.15) is 11.3 Å². The maximum atomic E-state index is 12.4. The Balaban J connectivity index is 1.16. The van der Waals surface area contributed by atoms with Gasteiger partial charge in [-0.25, -0.2) is 4.98 Å². The summed E-state index contributed by atoms with van der Waals surface area (Å²) in [6.07, 6.45) is 5.39. The Morgan fingerprint density at radius 3 is 2.56 bits per heavy atom. The average molecular weight is 444 g/mol. The second-order valence-corrected chi connectivity index (χ2v) is 8.53. The lowest BCUT2D eigenvalue weighted by Crippen LogP contribution is -1.99. The van der Waals surface area contributed by atoms with Gasteiger partial charge in [0, 0.05) is 11.3 Å². The number of carbonyl (C=O) groups is 1. The first-order valence-electron chi connectivity index (χ1n) is 10.7. The van der Waals surface area contributed by atoms with Crippen molar-refractivity contribution >= 4 is 34.7 Å². The highest BCUT2D eigenvalue weighted by atomic mass is 32.2. The standard InChI is InChI=1S/C27H25NO3S/c1-20-8-10-21(11-9-20)12-17-25(29)22-13-15-23(16-14-22)30-18-4-5-19-32-27-28-24-6-2-3-7-26(24)31-27/h2-3,6-17H,4-5,18-19H2,1H3/b17-12+. The lowest BCUT2D eigenvalue weighted by molar-refractivity contribution is 0.104. The maximum absolute atomic E-state index is 12.4. The average Bonchev–Trinajstić information content (AvgIpc) is 3.24. The second-order valence-electron chi connectivity index (χ2n) is 7.48. The number of carbonyl (C=O) groups excluding carboxylic acids is 1. The van der Waals surface area contributed by atoms with Crippen molar-refractivity contribution in [1.82, 2.24) is 4.98 Å². The smallest absolute Gasteiger partial charge is 0.256 e. The van der Waals surface area contributed by atoms with Gasteiger partial charge >= 0.3 is 0 Å². The normalized spacial score (nSPS) is 11.3. The summed E-state index contributed by atoms with van der Waals surface area (Å²) >= 11 is 1.62. The molecule has 0 aliphatic carbocycles. The Bertz CT molecular complexity index is 1160. The van der Waals surface area contributed by atoms with Crippen LogP contribution in [0, 0.1) is 6.92 Å².